The van der Waals surface area contributed by atoms with Gasteiger partial charge in [0, 0.05) is 22.6 Å². The van der Waals surface area contributed by atoms with Gasteiger partial charge in [-0.3, -0.25) is 4.79 Å². The van der Waals surface area contributed by atoms with Gasteiger partial charge in [0.25, 0.3) is 5.91 Å². The van der Waals surface area contributed by atoms with Crippen molar-refractivity contribution >= 4 is 34.8 Å². The topological polar surface area (TPSA) is 66.9 Å². The third-order valence-electron chi connectivity index (χ3n) is 3.75. The molecule has 1 aromatic heterocycles. The molecule has 2 aromatic carbocycles. The molecule has 0 aliphatic carbocycles. The summed E-state index contributed by atoms with van der Waals surface area (Å²) in [5.74, 6) is 0.0554. The number of amides is 1. The maximum absolute atomic E-state index is 12.3. The molecule has 0 bridgehead atoms. The van der Waals surface area contributed by atoms with Gasteiger partial charge in [-0.15, -0.1) is 0 Å². The predicted octanol–water partition coefficient (Wildman–Crippen LogP) is 4.74. The van der Waals surface area contributed by atoms with E-state index in [9.17, 15) is 4.79 Å². The van der Waals surface area contributed by atoms with Gasteiger partial charge in [-0.1, -0.05) is 17.7 Å². The van der Waals surface area contributed by atoms with E-state index in [1.165, 1.54) is 11.1 Å². The Morgan fingerprint density at radius 1 is 0.960 bits per heavy atom. The van der Waals surface area contributed by atoms with Gasteiger partial charge in [-0.25, -0.2) is 9.97 Å². The number of halogens is 1. The number of benzene rings is 2. The summed E-state index contributed by atoms with van der Waals surface area (Å²) in [6.45, 7) is 4.09. The van der Waals surface area contributed by atoms with Crippen LogP contribution in [-0.2, 0) is 0 Å². The molecular weight excluding hydrogens is 336 g/mol. The molecule has 6 heteroatoms. The number of rotatable bonds is 4. The SMILES string of the molecule is Cc1ccc(Nc2nccc(C(=O)Nc3ccc(Cl)cc3)n2)cc1C. The average Bonchev–Trinajstić information content (AvgIpc) is 2.60. The van der Waals surface area contributed by atoms with Gasteiger partial charge in [0.2, 0.25) is 5.95 Å². The summed E-state index contributed by atoms with van der Waals surface area (Å²) in [7, 11) is 0. The lowest BCUT2D eigenvalue weighted by Gasteiger charge is -2.09. The number of aromatic nitrogens is 2. The van der Waals surface area contributed by atoms with Crippen molar-refractivity contribution in [2.45, 2.75) is 13.8 Å². The molecule has 0 saturated heterocycles. The Labute approximate surface area is 151 Å². The molecule has 0 aliphatic heterocycles. The van der Waals surface area contributed by atoms with E-state index in [-0.39, 0.29) is 11.6 Å². The lowest BCUT2D eigenvalue weighted by atomic mass is 10.1. The van der Waals surface area contributed by atoms with Crippen LogP contribution in [0.1, 0.15) is 21.6 Å². The highest BCUT2D eigenvalue weighted by Gasteiger charge is 2.10. The molecule has 0 fully saturated rings. The standard InChI is InChI=1S/C19H17ClN4O/c1-12-3-6-16(11-13(12)2)23-19-21-10-9-17(24-19)18(25)22-15-7-4-14(20)5-8-15/h3-11H,1-2H3,(H,22,25)(H,21,23,24). The average molecular weight is 353 g/mol. The summed E-state index contributed by atoms with van der Waals surface area (Å²) < 4.78 is 0. The monoisotopic (exact) mass is 352 g/mol. The molecule has 0 atom stereocenters. The number of nitrogens with one attached hydrogen (secondary N) is 2. The summed E-state index contributed by atoms with van der Waals surface area (Å²) in [5.41, 5.74) is 4.18. The van der Waals surface area contributed by atoms with Crippen molar-refractivity contribution in [2.24, 2.45) is 0 Å². The van der Waals surface area contributed by atoms with Crippen molar-refractivity contribution in [3.63, 3.8) is 0 Å². The molecule has 5 nitrogen and oxygen atoms in total. The first-order valence-corrected chi connectivity index (χ1v) is 8.13. The Balaban J connectivity index is 1.75. The molecule has 0 saturated carbocycles. The second-order valence-electron chi connectivity index (χ2n) is 5.65. The van der Waals surface area contributed by atoms with E-state index in [0.29, 0.717) is 16.7 Å². The van der Waals surface area contributed by atoms with Crippen molar-refractivity contribution in [1.29, 1.82) is 0 Å². The Kier molecular flexibility index (Phi) is 4.95. The molecule has 1 amide bonds. The van der Waals surface area contributed by atoms with Crippen LogP contribution >= 0.6 is 11.6 Å². The molecule has 0 aliphatic rings. The van der Waals surface area contributed by atoms with E-state index in [0.717, 1.165) is 5.69 Å². The number of aryl methyl sites for hydroxylation is 2. The van der Waals surface area contributed by atoms with Crippen LogP contribution in [0.25, 0.3) is 0 Å². The summed E-state index contributed by atoms with van der Waals surface area (Å²) in [6, 6.07) is 14.4. The first-order chi connectivity index (χ1) is 12.0. The minimum absolute atomic E-state index is 0.274. The van der Waals surface area contributed by atoms with Crippen molar-refractivity contribution in [1.82, 2.24) is 9.97 Å². The number of nitrogens with zero attached hydrogens (tertiary/aromatic N) is 2. The molecule has 3 rings (SSSR count). The van der Waals surface area contributed by atoms with Crippen molar-refractivity contribution in [3.05, 3.63) is 76.6 Å². The number of carbonyl (C=O) groups excluding carboxylic acids is 1. The van der Waals surface area contributed by atoms with E-state index >= 15 is 0 Å². The van der Waals surface area contributed by atoms with Gasteiger partial charge in [0.1, 0.15) is 5.69 Å². The highest BCUT2D eigenvalue weighted by molar-refractivity contribution is 6.30. The van der Waals surface area contributed by atoms with Crippen LogP contribution in [-0.4, -0.2) is 15.9 Å². The number of hydrogen-bond acceptors (Lipinski definition) is 4. The maximum atomic E-state index is 12.3. The number of carbonyl (C=O) groups is 1. The van der Waals surface area contributed by atoms with Crippen LogP contribution in [0, 0.1) is 13.8 Å². The first-order valence-electron chi connectivity index (χ1n) is 7.75. The van der Waals surface area contributed by atoms with Crippen LogP contribution in [0.4, 0.5) is 17.3 Å². The first kappa shape index (κ1) is 16.9. The predicted molar refractivity (Wildman–Crippen MR) is 101 cm³/mol. The summed E-state index contributed by atoms with van der Waals surface area (Å²) in [4.78, 5) is 20.8. The third-order valence-corrected chi connectivity index (χ3v) is 4.01. The van der Waals surface area contributed by atoms with Crippen LogP contribution in [0.2, 0.25) is 5.02 Å². The molecule has 126 valence electrons. The van der Waals surface area contributed by atoms with Crippen molar-refractivity contribution in [2.75, 3.05) is 10.6 Å². The maximum Gasteiger partial charge on any atom is 0.274 e. The molecule has 25 heavy (non-hydrogen) atoms. The highest BCUT2D eigenvalue weighted by atomic mass is 35.5. The molecule has 0 unspecified atom stereocenters. The molecule has 0 radical (unpaired) electrons. The lowest BCUT2D eigenvalue weighted by molar-refractivity contribution is 0.102. The summed E-state index contributed by atoms with van der Waals surface area (Å²) in [6.07, 6.45) is 1.55. The van der Waals surface area contributed by atoms with E-state index in [4.69, 9.17) is 11.6 Å². The van der Waals surface area contributed by atoms with Crippen molar-refractivity contribution in [3.8, 4) is 0 Å². The van der Waals surface area contributed by atoms with E-state index < -0.39 is 0 Å². The summed E-state index contributed by atoms with van der Waals surface area (Å²) in [5, 5.41) is 6.51. The van der Waals surface area contributed by atoms with Gasteiger partial charge in [-0.2, -0.15) is 0 Å². The number of anilines is 3. The zero-order chi connectivity index (χ0) is 17.8. The van der Waals surface area contributed by atoms with Crippen LogP contribution in [0.15, 0.2) is 54.7 Å². The minimum Gasteiger partial charge on any atom is -0.324 e. The Hall–Kier alpha value is -2.92. The zero-order valence-electron chi connectivity index (χ0n) is 13.9. The molecule has 3 aromatic rings. The van der Waals surface area contributed by atoms with E-state index in [1.54, 1.807) is 36.5 Å². The number of hydrogen-bond donors (Lipinski definition) is 2. The second kappa shape index (κ2) is 7.32. The fourth-order valence-electron chi connectivity index (χ4n) is 2.22. The third kappa shape index (κ3) is 4.33. The van der Waals surface area contributed by atoms with Gasteiger partial charge >= 0.3 is 0 Å². The largest absolute Gasteiger partial charge is 0.324 e. The fraction of sp³-hybridized carbons (Fsp3) is 0.105. The fourth-order valence-corrected chi connectivity index (χ4v) is 2.35. The Morgan fingerprint density at radius 2 is 1.68 bits per heavy atom. The molecule has 0 spiro atoms. The summed E-state index contributed by atoms with van der Waals surface area (Å²) >= 11 is 5.84. The smallest absolute Gasteiger partial charge is 0.274 e. The zero-order valence-corrected chi connectivity index (χ0v) is 14.6. The molecule has 1 heterocycles. The van der Waals surface area contributed by atoms with Crippen molar-refractivity contribution < 1.29 is 4.79 Å². The molecule has 2 N–H and O–H groups in total. The Morgan fingerprint density at radius 3 is 2.40 bits per heavy atom. The van der Waals surface area contributed by atoms with Crippen LogP contribution in [0.3, 0.4) is 0 Å². The Bertz CT molecular complexity index is 910. The quantitative estimate of drug-likeness (QED) is 0.711. The highest BCUT2D eigenvalue weighted by Crippen LogP contribution is 2.18. The van der Waals surface area contributed by atoms with Gasteiger partial charge in [0.05, 0.1) is 0 Å². The van der Waals surface area contributed by atoms with Crippen LogP contribution < -0.4 is 10.6 Å². The van der Waals surface area contributed by atoms with E-state index in [1.807, 2.05) is 25.1 Å². The van der Waals surface area contributed by atoms with Gasteiger partial charge in [0.15, 0.2) is 0 Å². The minimum atomic E-state index is -0.312. The van der Waals surface area contributed by atoms with E-state index in [2.05, 4.69) is 27.5 Å². The molecular formula is C19H17ClN4O. The normalized spacial score (nSPS) is 10.4. The van der Waals surface area contributed by atoms with Crippen LogP contribution in [0.5, 0.6) is 0 Å². The van der Waals surface area contributed by atoms with Gasteiger partial charge < -0.3 is 10.6 Å². The van der Waals surface area contributed by atoms with Gasteiger partial charge in [-0.05, 0) is 67.4 Å². The second-order valence-corrected chi connectivity index (χ2v) is 6.09. The lowest BCUT2D eigenvalue weighted by Crippen LogP contribution is -2.14.